The summed E-state index contributed by atoms with van der Waals surface area (Å²) in [5.74, 6) is -0.446. The van der Waals surface area contributed by atoms with Crippen LogP contribution in [0.2, 0.25) is 10.0 Å². The van der Waals surface area contributed by atoms with Crippen molar-refractivity contribution in [1.29, 1.82) is 5.26 Å². The van der Waals surface area contributed by atoms with Gasteiger partial charge in [-0.1, -0.05) is 23.2 Å². The number of carbonyl (C=O) groups excluding carboxylic acids is 1. The van der Waals surface area contributed by atoms with Gasteiger partial charge in [-0.05, 0) is 31.0 Å². The van der Waals surface area contributed by atoms with Crippen LogP contribution in [0.3, 0.4) is 0 Å². The van der Waals surface area contributed by atoms with Gasteiger partial charge in [0, 0.05) is 35.1 Å². The Morgan fingerprint density at radius 2 is 2.14 bits per heavy atom. The molecule has 1 aliphatic heterocycles. The zero-order valence-corrected chi connectivity index (χ0v) is 13.2. The van der Waals surface area contributed by atoms with Gasteiger partial charge in [-0.15, -0.1) is 0 Å². The van der Waals surface area contributed by atoms with Crippen molar-refractivity contribution in [2.45, 2.75) is 18.9 Å². The quantitative estimate of drug-likeness (QED) is 0.638. The number of amides is 1. The van der Waals surface area contributed by atoms with Crippen LogP contribution < -0.4 is 10.6 Å². The van der Waals surface area contributed by atoms with Crippen molar-refractivity contribution in [2.24, 2.45) is 0 Å². The molecule has 1 aromatic rings. The standard InChI is InChI=1S/C15H15Cl2N3O2/c16-11-4-12(17)6-13(5-11)19-8-10(7-18)15(21)20-9-14-2-1-3-22-14/h4-6,8,14,19H,1-3,9H2,(H,20,21)/b10-8-. The predicted molar refractivity (Wildman–Crippen MR) is 85.8 cm³/mol. The Hall–Kier alpha value is -1.74. The van der Waals surface area contributed by atoms with Gasteiger partial charge in [-0.3, -0.25) is 4.79 Å². The fourth-order valence-corrected chi connectivity index (χ4v) is 2.57. The lowest BCUT2D eigenvalue weighted by Gasteiger charge is -2.10. The maximum absolute atomic E-state index is 11.9. The molecule has 0 saturated carbocycles. The molecular weight excluding hydrogens is 325 g/mol. The summed E-state index contributed by atoms with van der Waals surface area (Å²) in [7, 11) is 0. The van der Waals surface area contributed by atoms with Crippen LogP contribution in [-0.4, -0.2) is 25.2 Å². The van der Waals surface area contributed by atoms with E-state index in [1.807, 2.05) is 6.07 Å². The second-order valence-corrected chi connectivity index (χ2v) is 5.69. The molecule has 2 N–H and O–H groups in total. The Morgan fingerprint density at radius 1 is 1.41 bits per heavy atom. The Kier molecular flexibility index (Phi) is 6.08. The average molecular weight is 340 g/mol. The van der Waals surface area contributed by atoms with Gasteiger partial charge in [0.2, 0.25) is 0 Å². The van der Waals surface area contributed by atoms with Crippen LogP contribution >= 0.6 is 23.2 Å². The number of benzene rings is 1. The van der Waals surface area contributed by atoms with E-state index in [4.69, 9.17) is 33.2 Å². The Morgan fingerprint density at radius 3 is 2.73 bits per heavy atom. The summed E-state index contributed by atoms with van der Waals surface area (Å²) in [6.07, 6.45) is 3.28. The molecule has 1 unspecified atom stereocenters. The van der Waals surface area contributed by atoms with Crippen molar-refractivity contribution in [1.82, 2.24) is 5.32 Å². The second-order valence-electron chi connectivity index (χ2n) is 4.82. The molecule has 0 spiro atoms. The van der Waals surface area contributed by atoms with Gasteiger partial charge in [0.05, 0.1) is 6.10 Å². The summed E-state index contributed by atoms with van der Waals surface area (Å²) in [5, 5.41) is 15.5. The number of halogens is 2. The third kappa shape index (κ3) is 4.92. The Labute approximate surface area is 138 Å². The first-order valence-electron chi connectivity index (χ1n) is 6.81. The first-order valence-corrected chi connectivity index (χ1v) is 7.57. The maximum Gasteiger partial charge on any atom is 0.263 e. The minimum atomic E-state index is -0.446. The first kappa shape index (κ1) is 16.6. The van der Waals surface area contributed by atoms with Gasteiger partial charge < -0.3 is 15.4 Å². The van der Waals surface area contributed by atoms with Crippen LogP contribution in [0.5, 0.6) is 0 Å². The molecule has 22 heavy (non-hydrogen) atoms. The molecule has 0 bridgehead atoms. The number of hydrogen-bond donors (Lipinski definition) is 2. The molecule has 116 valence electrons. The van der Waals surface area contributed by atoms with Crippen LogP contribution in [0.15, 0.2) is 30.0 Å². The molecule has 1 atom stereocenters. The van der Waals surface area contributed by atoms with Gasteiger partial charge >= 0.3 is 0 Å². The smallest absolute Gasteiger partial charge is 0.263 e. The van der Waals surface area contributed by atoms with E-state index in [9.17, 15) is 4.79 Å². The molecule has 1 fully saturated rings. The number of nitriles is 1. The van der Waals surface area contributed by atoms with Gasteiger partial charge in [-0.2, -0.15) is 5.26 Å². The summed E-state index contributed by atoms with van der Waals surface area (Å²) in [5.41, 5.74) is 0.561. The second kappa shape index (κ2) is 8.04. The summed E-state index contributed by atoms with van der Waals surface area (Å²) >= 11 is 11.8. The fourth-order valence-electron chi connectivity index (χ4n) is 2.05. The van der Waals surface area contributed by atoms with E-state index in [-0.39, 0.29) is 11.7 Å². The van der Waals surface area contributed by atoms with E-state index < -0.39 is 5.91 Å². The molecule has 5 nitrogen and oxygen atoms in total. The molecule has 1 heterocycles. The zero-order chi connectivity index (χ0) is 15.9. The highest BCUT2D eigenvalue weighted by molar-refractivity contribution is 6.35. The molecule has 0 radical (unpaired) electrons. The summed E-state index contributed by atoms with van der Waals surface area (Å²) < 4.78 is 5.41. The highest BCUT2D eigenvalue weighted by atomic mass is 35.5. The third-order valence-corrected chi connectivity index (χ3v) is 3.56. The minimum absolute atomic E-state index is 0.0311. The van der Waals surface area contributed by atoms with E-state index in [0.29, 0.717) is 22.3 Å². The minimum Gasteiger partial charge on any atom is -0.376 e. The van der Waals surface area contributed by atoms with Crippen molar-refractivity contribution in [3.63, 3.8) is 0 Å². The van der Waals surface area contributed by atoms with Crippen molar-refractivity contribution < 1.29 is 9.53 Å². The lowest BCUT2D eigenvalue weighted by molar-refractivity contribution is -0.117. The molecule has 1 amide bonds. The topological polar surface area (TPSA) is 74.2 Å². The molecule has 1 saturated heterocycles. The van der Waals surface area contributed by atoms with Crippen LogP contribution in [-0.2, 0) is 9.53 Å². The summed E-state index contributed by atoms with van der Waals surface area (Å²) in [6, 6.07) is 6.74. The number of ether oxygens (including phenoxy) is 1. The SMILES string of the molecule is N#C/C(=C/Nc1cc(Cl)cc(Cl)c1)C(=O)NCC1CCCO1. The van der Waals surface area contributed by atoms with E-state index in [0.717, 1.165) is 19.4 Å². The van der Waals surface area contributed by atoms with Crippen LogP contribution in [0, 0.1) is 11.3 Å². The number of nitrogens with zero attached hydrogens (tertiary/aromatic N) is 1. The number of nitrogens with one attached hydrogen (secondary N) is 2. The molecule has 1 aromatic carbocycles. The molecule has 2 rings (SSSR count). The molecule has 1 aliphatic rings. The summed E-state index contributed by atoms with van der Waals surface area (Å²) in [6.45, 7) is 1.12. The molecule has 7 heteroatoms. The molecule has 0 aliphatic carbocycles. The van der Waals surface area contributed by atoms with Crippen LogP contribution in [0.4, 0.5) is 5.69 Å². The van der Waals surface area contributed by atoms with E-state index >= 15 is 0 Å². The van der Waals surface area contributed by atoms with Crippen molar-refractivity contribution >= 4 is 34.8 Å². The van der Waals surface area contributed by atoms with E-state index in [1.54, 1.807) is 18.2 Å². The summed E-state index contributed by atoms with van der Waals surface area (Å²) in [4.78, 5) is 11.9. The highest BCUT2D eigenvalue weighted by Gasteiger charge is 2.17. The molecule has 0 aromatic heterocycles. The van der Waals surface area contributed by atoms with E-state index in [1.165, 1.54) is 6.20 Å². The Bertz CT molecular complexity index is 599. The number of rotatable bonds is 5. The van der Waals surface area contributed by atoms with Crippen molar-refractivity contribution in [3.05, 3.63) is 40.0 Å². The van der Waals surface area contributed by atoms with Crippen molar-refractivity contribution in [3.8, 4) is 6.07 Å². The first-order chi connectivity index (χ1) is 10.6. The van der Waals surface area contributed by atoms with Crippen molar-refractivity contribution in [2.75, 3.05) is 18.5 Å². The number of carbonyl (C=O) groups is 1. The highest BCUT2D eigenvalue weighted by Crippen LogP contribution is 2.22. The average Bonchev–Trinajstić information content (AvgIpc) is 2.98. The normalized spacial score (nSPS) is 17.9. The van der Waals surface area contributed by atoms with Gasteiger partial charge in [-0.25, -0.2) is 0 Å². The number of anilines is 1. The Balaban J connectivity index is 1.94. The van der Waals surface area contributed by atoms with Crippen LogP contribution in [0.1, 0.15) is 12.8 Å². The maximum atomic E-state index is 11.9. The fraction of sp³-hybridized carbons (Fsp3) is 0.333. The lowest BCUT2D eigenvalue weighted by Crippen LogP contribution is -2.32. The lowest BCUT2D eigenvalue weighted by atomic mass is 10.2. The molecular formula is C15H15Cl2N3O2. The third-order valence-electron chi connectivity index (χ3n) is 3.13. The van der Waals surface area contributed by atoms with Gasteiger partial charge in [0.15, 0.2) is 0 Å². The van der Waals surface area contributed by atoms with Gasteiger partial charge in [0.25, 0.3) is 5.91 Å². The number of hydrogen-bond acceptors (Lipinski definition) is 4. The zero-order valence-electron chi connectivity index (χ0n) is 11.7. The predicted octanol–water partition coefficient (Wildman–Crippen LogP) is 3.11. The van der Waals surface area contributed by atoms with E-state index in [2.05, 4.69) is 10.6 Å². The largest absolute Gasteiger partial charge is 0.376 e. The monoisotopic (exact) mass is 339 g/mol. The van der Waals surface area contributed by atoms with Crippen LogP contribution in [0.25, 0.3) is 0 Å². The van der Waals surface area contributed by atoms with Gasteiger partial charge in [0.1, 0.15) is 11.6 Å².